The Labute approximate surface area is 97.8 Å². The molecule has 0 unspecified atom stereocenters. The van der Waals surface area contributed by atoms with Crippen molar-refractivity contribution in [3.8, 4) is 0 Å². The van der Waals surface area contributed by atoms with Crippen molar-refractivity contribution < 1.29 is 0 Å². The second-order valence-electron chi connectivity index (χ2n) is 4.31. The first kappa shape index (κ1) is 10.8. The fraction of sp³-hybridized carbons (Fsp3) is 0.429. The van der Waals surface area contributed by atoms with Crippen LogP contribution >= 0.6 is 12.6 Å². The topological polar surface area (TPSA) is 0 Å². The summed E-state index contributed by atoms with van der Waals surface area (Å²) in [4.78, 5) is 0. The summed E-state index contributed by atoms with van der Waals surface area (Å²) in [5.74, 6) is 0.920. The lowest BCUT2D eigenvalue weighted by molar-refractivity contribution is 0.716. The molecule has 80 valence electrons. The van der Waals surface area contributed by atoms with Crippen molar-refractivity contribution in [1.29, 1.82) is 0 Å². The first-order valence-electron chi connectivity index (χ1n) is 5.70. The molecule has 0 bridgehead atoms. The Morgan fingerprint density at radius 1 is 1.07 bits per heavy atom. The van der Waals surface area contributed by atoms with E-state index in [1.54, 1.807) is 11.1 Å². The Morgan fingerprint density at radius 3 is 2.40 bits per heavy atom. The van der Waals surface area contributed by atoms with Crippen molar-refractivity contribution in [3.05, 3.63) is 41.0 Å². The zero-order valence-electron chi connectivity index (χ0n) is 9.29. The Hall–Kier alpha value is -0.690. The van der Waals surface area contributed by atoms with Crippen molar-refractivity contribution in [3.63, 3.8) is 0 Å². The van der Waals surface area contributed by atoms with E-state index in [9.17, 15) is 0 Å². The van der Waals surface area contributed by atoms with E-state index in [0.29, 0.717) is 0 Å². The minimum absolute atomic E-state index is 0.920. The summed E-state index contributed by atoms with van der Waals surface area (Å²) < 4.78 is 0. The number of hydrogen-bond acceptors (Lipinski definition) is 1. The molecular formula is C14H18S. The van der Waals surface area contributed by atoms with Gasteiger partial charge in [-0.3, -0.25) is 0 Å². The molecule has 0 heterocycles. The van der Waals surface area contributed by atoms with Gasteiger partial charge >= 0.3 is 0 Å². The highest BCUT2D eigenvalue weighted by Crippen LogP contribution is 2.32. The number of thiol groups is 1. The zero-order valence-corrected chi connectivity index (χ0v) is 10.2. The van der Waals surface area contributed by atoms with Gasteiger partial charge in [0.1, 0.15) is 0 Å². The number of aryl methyl sites for hydroxylation is 1. The van der Waals surface area contributed by atoms with E-state index >= 15 is 0 Å². The lowest BCUT2D eigenvalue weighted by Gasteiger charge is -2.19. The highest BCUT2D eigenvalue weighted by Gasteiger charge is 2.12. The van der Waals surface area contributed by atoms with E-state index < -0.39 is 0 Å². The highest BCUT2D eigenvalue weighted by molar-refractivity contribution is 7.80. The molecule has 1 aromatic rings. The normalized spacial score (nSPS) is 16.9. The molecule has 1 heteroatoms. The smallest absolute Gasteiger partial charge is 0.0119 e. The van der Waals surface area contributed by atoms with Crippen molar-refractivity contribution in [2.45, 2.75) is 32.6 Å². The van der Waals surface area contributed by atoms with Gasteiger partial charge in [-0.15, -0.1) is 0 Å². The van der Waals surface area contributed by atoms with Crippen LogP contribution in [-0.4, -0.2) is 5.75 Å². The minimum atomic E-state index is 0.920. The van der Waals surface area contributed by atoms with Crippen molar-refractivity contribution >= 4 is 18.2 Å². The highest BCUT2D eigenvalue weighted by atomic mass is 32.1. The summed E-state index contributed by atoms with van der Waals surface area (Å²) in [5, 5.41) is 0. The van der Waals surface area contributed by atoms with Crippen LogP contribution in [-0.2, 0) is 0 Å². The lowest BCUT2D eigenvalue weighted by Crippen LogP contribution is -2.00. The predicted octanol–water partition coefficient (Wildman–Crippen LogP) is 4.25. The fourth-order valence-electron chi connectivity index (χ4n) is 2.25. The molecule has 0 radical (unpaired) electrons. The monoisotopic (exact) mass is 218 g/mol. The average molecular weight is 218 g/mol. The van der Waals surface area contributed by atoms with E-state index in [1.807, 2.05) is 0 Å². The van der Waals surface area contributed by atoms with E-state index in [-0.39, 0.29) is 0 Å². The summed E-state index contributed by atoms with van der Waals surface area (Å²) in [5.41, 5.74) is 5.84. The first-order valence-corrected chi connectivity index (χ1v) is 6.33. The van der Waals surface area contributed by atoms with Crippen LogP contribution in [0.25, 0.3) is 5.57 Å². The Kier molecular flexibility index (Phi) is 3.53. The molecule has 0 nitrogen and oxygen atoms in total. The third kappa shape index (κ3) is 2.46. The molecule has 0 saturated carbocycles. The second kappa shape index (κ2) is 4.89. The molecule has 0 amide bonds. The second-order valence-corrected chi connectivity index (χ2v) is 4.63. The molecule has 0 aromatic heterocycles. The summed E-state index contributed by atoms with van der Waals surface area (Å²) in [7, 11) is 0. The predicted molar refractivity (Wildman–Crippen MR) is 70.4 cm³/mol. The molecule has 0 saturated heterocycles. The molecule has 1 aliphatic carbocycles. The van der Waals surface area contributed by atoms with Crippen molar-refractivity contribution in [2.75, 3.05) is 5.75 Å². The average Bonchev–Trinajstić information content (AvgIpc) is 2.30. The zero-order chi connectivity index (χ0) is 10.7. The molecule has 0 N–H and O–H groups in total. The number of benzene rings is 1. The van der Waals surface area contributed by atoms with Crippen LogP contribution in [0.2, 0.25) is 0 Å². The van der Waals surface area contributed by atoms with E-state index in [1.165, 1.54) is 36.8 Å². The molecule has 2 rings (SSSR count). The van der Waals surface area contributed by atoms with Gasteiger partial charge in [0, 0.05) is 5.75 Å². The Morgan fingerprint density at radius 2 is 1.73 bits per heavy atom. The van der Waals surface area contributed by atoms with Gasteiger partial charge in [0.25, 0.3) is 0 Å². The lowest BCUT2D eigenvalue weighted by atomic mass is 9.88. The summed E-state index contributed by atoms with van der Waals surface area (Å²) >= 11 is 4.44. The van der Waals surface area contributed by atoms with E-state index in [2.05, 4.69) is 43.8 Å². The minimum Gasteiger partial charge on any atom is -0.175 e. The fourth-order valence-corrected chi connectivity index (χ4v) is 2.59. The van der Waals surface area contributed by atoms with Crippen LogP contribution in [0.1, 0.15) is 36.8 Å². The standard InChI is InChI=1S/C14H18S/c1-11-6-8-12(9-7-11)14-5-3-2-4-13(14)10-15/h6-9,15H,2-5,10H2,1H3. The van der Waals surface area contributed by atoms with Crippen LogP contribution in [0.15, 0.2) is 29.8 Å². The molecule has 1 aromatic carbocycles. The number of hydrogen-bond donors (Lipinski definition) is 1. The van der Waals surface area contributed by atoms with Gasteiger partial charge in [-0.25, -0.2) is 0 Å². The largest absolute Gasteiger partial charge is 0.175 e. The van der Waals surface area contributed by atoms with Crippen LogP contribution in [0.3, 0.4) is 0 Å². The quantitative estimate of drug-likeness (QED) is 0.705. The Bertz CT molecular complexity index is 359. The summed E-state index contributed by atoms with van der Waals surface area (Å²) in [6.07, 6.45) is 5.15. The third-order valence-electron chi connectivity index (χ3n) is 3.17. The van der Waals surface area contributed by atoms with Gasteiger partial charge < -0.3 is 0 Å². The maximum absolute atomic E-state index is 4.44. The molecular weight excluding hydrogens is 200 g/mol. The summed E-state index contributed by atoms with van der Waals surface area (Å²) in [6.45, 7) is 2.14. The molecule has 15 heavy (non-hydrogen) atoms. The van der Waals surface area contributed by atoms with Crippen molar-refractivity contribution in [1.82, 2.24) is 0 Å². The molecule has 0 spiro atoms. The van der Waals surface area contributed by atoms with Crippen molar-refractivity contribution in [2.24, 2.45) is 0 Å². The number of allylic oxidation sites excluding steroid dienone is 1. The van der Waals surface area contributed by atoms with Crippen LogP contribution in [0.5, 0.6) is 0 Å². The maximum atomic E-state index is 4.44. The van der Waals surface area contributed by atoms with Gasteiger partial charge in [-0.2, -0.15) is 12.6 Å². The summed E-state index contributed by atoms with van der Waals surface area (Å²) in [6, 6.07) is 8.90. The van der Waals surface area contributed by atoms with Gasteiger partial charge in [-0.05, 0) is 43.7 Å². The van der Waals surface area contributed by atoms with Crippen LogP contribution in [0.4, 0.5) is 0 Å². The van der Waals surface area contributed by atoms with Crippen LogP contribution in [0, 0.1) is 6.92 Å². The van der Waals surface area contributed by atoms with Gasteiger partial charge in [0.2, 0.25) is 0 Å². The van der Waals surface area contributed by atoms with Gasteiger partial charge in [0.05, 0.1) is 0 Å². The third-order valence-corrected chi connectivity index (χ3v) is 3.55. The molecule has 1 aliphatic rings. The van der Waals surface area contributed by atoms with Gasteiger partial charge in [0.15, 0.2) is 0 Å². The number of rotatable bonds is 2. The molecule has 0 aliphatic heterocycles. The van der Waals surface area contributed by atoms with Crippen LogP contribution < -0.4 is 0 Å². The first-order chi connectivity index (χ1) is 7.31. The van der Waals surface area contributed by atoms with E-state index in [4.69, 9.17) is 0 Å². The molecule has 0 fully saturated rings. The van der Waals surface area contributed by atoms with Gasteiger partial charge in [-0.1, -0.05) is 35.4 Å². The maximum Gasteiger partial charge on any atom is 0.0119 e. The molecule has 0 atom stereocenters. The SMILES string of the molecule is Cc1ccc(C2=C(CS)CCCC2)cc1. The Balaban J connectivity index is 2.35. The van der Waals surface area contributed by atoms with E-state index in [0.717, 1.165) is 5.75 Å².